The molecule has 1 amide bonds. The molecule has 2 atom stereocenters. The third kappa shape index (κ3) is 3.44. The zero-order chi connectivity index (χ0) is 15.6. The van der Waals surface area contributed by atoms with Crippen molar-refractivity contribution in [2.24, 2.45) is 5.92 Å². The maximum Gasteiger partial charge on any atom is 0.411 e. The highest BCUT2D eigenvalue weighted by Gasteiger charge is 2.51. The quantitative estimate of drug-likeness (QED) is 0.860. The molecule has 0 radical (unpaired) electrons. The Bertz CT molecular complexity index is 375. The number of amides is 1. The fourth-order valence-electron chi connectivity index (χ4n) is 2.95. The lowest BCUT2D eigenvalue weighted by atomic mass is 9.93. The minimum Gasteiger partial charge on any atom is -0.479 e. The Morgan fingerprint density at radius 1 is 1.35 bits per heavy atom. The molecule has 0 aromatic rings. The molecular weight excluding hydrogens is 258 g/mol. The number of ether oxygens (including phenoxy) is 1. The van der Waals surface area contributed by atoms with Gasteiger partial charge in [-0.25, -0.2) is 9.59 Å². The van der Waals surface area contributed by atoms with Gasteiger partial charge in [0.05, 0.1) is 0 Å². The Kier molecular flexibility index (Phi) is 5.05. The van der Waals surface area contributed by atoms with Crippen molar-refractivity contribution in [2.45, 2.75) is 71.4 Å². The van der Waals surface area contributed by atoms with Gasteiger partial charge in [0.15, 0.2) is 0 Å². The van der Waals surface area contributed by atoms with Crippen LogP contribution >= 0.6 is 0 Å². The monoisotopic (exact) mass is 285 g/mol. The first-order valence-corrected chi connectivity index (χ1v) is 7.40. The number of aliphatic carboxylic acids is 1. The Morgan fingerprint density at radius 3 is 2.30 bits per heavy atom. The summed E-state index contributed by atoms with van der Waals surface area (Å²) in [6, 6.07) is 0. The summed E-state index contributed by atoms with van der Waals surface area (Å²) in [6.07, 6.45) is 2.29. The third-order valence-electron chi connectivity index (χ3n) is 4.01. The molecule has 0 aromatic carbocycles. The van der Waals surface area contributed by atoms with Gasteiger partial charge in [0, 0.05) is 6.54 Å². The summed E-state index contributed by atoms with van der Waals surface area (Å²) in [5.74, 6) is -0.552. The van der Waals surface area contributed by atoms with Gasteiger partial charge in [0.25, 0.3) is 0 Å². The normalized spacial score (nSPS) is 26.4. The SMILES string of the molecule is CCC1CCC(C(=O)O)(N(CC)C(=O)OC(C)(C)C)C1. The Morgan fingerprint density at radius 2 is 1.95 bits per heavy atom. The van der Waals surface area contributed by atoms with Crippen LogP contribution in [0.3, 0.4) is 0 Å². The summed E-state index contributed by atoms with van der Waals surface area (Å²) in [6.45, 7) is 9.57. The van der Waals surface area contributed by atoms with Crippen LogP contribution in [0.2, 0.25) is 0 Å². The summed E-state index contributed by atoms with van der Waals surface area (Å²) in [7, 11) is 0. The molecule has 1 aliphatic rings. The third-order valence-corrected chi connectivity index (χ3v) is 4.01. The van der Waals surface area contributed by atoms with E-state index in [1.807, 2.05) is 0 Å². The summed E-state index contributed by atoms with van der Waals surface area (Å²) in [5, 5.41) is 9.68. The van der Waals surface area contributed by atoms with Crippen molar-refractivity contribution in [1.82, 2.24) is 4.90 Å². The number of hydrogen-bond donors (Lipinski definition) is 1. The molecule has 1 fully saturated rings. The largest absolute Gasteiger partial charge is 0.479 e. The minimum absolute atomic E-state index is 0.345. The number of carboxylic acids is 1. The first-order chi connectivity index (χ1) is 9.16. The van der Waals surface area contributed by atoms with Crippen LogP contribution in [-0.2, 0) is 9.53 Å². The van der Waals surface area contributed by atoms with Crippen molar-refractivity contribution in [3.05, 3.63) is 0 Å². The maximum absolute atomic E-state index is 12.3. The predicted molar refractivity (Wildman–Crippen MR) is 76.6 cm³/mol. The summed E-state index contributed by atoms with van der Waals surface area (Å²) in [4.78, 5) is 25.5. The fourth-order valence-corrected chi connectivity index (χ4v) is 2.95. The average molecular weight is 285 g/mol. The second kappa shape index (κ2) is 6.02. The molecule has 2 unspecified atom stereocenters. The average Bonchev–Trinajstić information content (AvgIpc) is 2.73. The van der Waals surface area contributed by atoms with Crippen LogP contribution in [0, 0.1) is 5.92 Å². The maximum atomic E-state index is 12.3. The van der Waals surface area contributed by atoms with Crippen molar-refractivity contribution in [1.29, 1.82) is 0 Å². The van der Waals surface area contributed by atoms with E-state index in [1.165, 1.54) is 4.90 Å². The van der Waals surface area contributed by atoms with E-state index in [0.717, 1.165) is 12.8 Å². The van der Waals surface area contributed by atoms with Crippen molar-refractivity contribution in [3.8, 4) is 0 Å². The van der Waals surface area contributed by atoms with Crippen molar-refractivity contribution < 1.29 is 19.4 Å². The number of carboxylic acid groups (broad SMARTS) is 1. The Labute approximate surface area is 121 Å². The second-order valence-corrected chi connectivity index (χ2v) is 6.58. The van der Waals surface area contributed by atoms with E-state index in [4.69, 9.17) is 4.74 Å². The number of hydrogen-bond acceptors (Lipinski definition) is 3. The summed E-state index contributed by atoms with van der Waals surface area (Å²) < 4.78 is 5.37. The molecule has 1 saturated carbocycles. The van der Waals surface area contributed by atoms with E-state index < -0.39 is 23.2 Å². The van der Waals surface area contributed by atoms with Crippen molar-refractivity contribution in [2.75, 3.05) is 6.54 Å². The molecule has 0 heterocycles. The molecule has 1 rings (SSSR count). The first kappa shape index (κ1) is 16.8. The van der Waals surface area contributed by atoms with Gasteiger partial charge in [-0.2, -0.15) is 0 Å². The van der Waals surface area contributed by atoms with Crippen LogP contribution in [0.1, 0.15) is 60.3 Å². The van der Waals surface area contributed by atoms with Gasteiger partial charge in [0.2, 0.25) is 0 Å². The lowest BCUT2D eigenvalue weighted by Gasteiger charge is -2.38. The smallest absolute Gasteiger partial charge is 0.411 e. The molecule has 5 nitrogen and oxygen atoms in total. The molecular formula is C15H27NO4. The summed E-state index contributed by atoms with van der Waals surface area (Å²) in [5.41, 5.74) is -1.72. The summed E-state index contributed by atoms with van der Waals surface area (Å²) >= 11 is 0. The van der Waals surface area contributed by atoms with E-state index in [-0.39, 0.29) is 0 Å². The topological polar surface area (TPSA) is 66.8 Å². The Balaban J connectivity index is 3.00. The van der Waals surface area contributed by atoms with Gasteiger partial charge in [-0.3, -0.25) is 4.90 Å². The highest BCUT2D eigenvalue weighted by Crippen LogP contribution is 2.41. The van der Waals surface area contributed by atoms with Gasteiger partial charge in [0.1, 0.15) is 11.1 Å². The van der Waals surface area contributed by atoms with Crippen LogP contribution in [0.25, 0.3) is 0 Å². The van der Waals surface area contributed by atoms with E-state index in [9.17, 15) is 14.7 Å². The molecule has 1 aliphatic carbocycles. The van der Waals surface area contributed by atoms with Crippen LogP contribution in [0.5, 0.6) is 0 Å². The molecule has 1 N–H and O–H groups in total. The van der Waals surface area contributed by atoms with Gasteiger partial charge in [-0.05, 0) is 52.9 Å². The van der Waals surface area contributed by atoms with Crippen molar-refractivity contribution >= 4 is 12.1 Å². The zero-order valence-corrected chi connectivity index (χ0v) is 13.2. The van der Waals surface area contributed by atoms with Gasteiger partial charge in [-0.15, -0.1) is 0 Å². The minimum atomic E-state index is -1.10. The second-order valence-electron chi connectivity index (χ2n) is 6.58. The molecule has 0 spiro atoms. The van der Waals surface area contributed by atoms with Crippen molar-refractivity contribution in [3.63, 3.8) is 0 Å². The zero-order valence-electron chi connectivity index (χ0n) is 13.2. The number of nitrogens with zero attached hydrogens (tertiary/aromatic N) is 1. The van der Waals surface area contributed by atoms with Crippen LogP contribution < -0.4 is 0 Å². The molecule has 116 valence electrons. The predicted octanol–water partition coefficient (Wildman–Crippen LogP) is 3.28. The van der Waals surface area contributed by atoms with Gasteiger partial charge < -0.3 is 9.84 Å². The highest BCUT2D eigenvalue weighted by atomic mass is 16.6. The van der Waals surface area contributed by atoms with E-state index >= 15 is 0 Å². The van der Waals surface area contributed by atoms with E-state index in [0.29, 0.717) is 25.3 Å². The van der Waals surface area contributed by atoms with Gasteiger partial charge >= 0.3 is 12.1 Å². The van der Waals surface area contributed by atoms with Crippen LogP contribution in [0.15, 0.2) is 0 Å². The lowest BCUT2D eigenvalue weighted by molar-refractivity contribution is -0.151. The van der Waals surface area contributed by atoms with Crippen LogP contribution in [0.4, 0.5) is 4.79 Å². The van der Waals surface area contributed by atoms with E-state index in [1.54, 1.807) is 27.7 Å². The standard InChI is InChI=1S/C15H27NO4/c1-6-11-8-9-15(10-11,12(17)18)16(7-2)13(19)20-14(3,4)5/h11H,6-10H2,1-5H3,(H,17,18). The van der Waals surface area contributed by atoms with E-state index in [2.05, 4.69) is 6.92 Å². The number of carbonyl (C=O) groups excluding carboxylic acids is 1. The molecule has 0 bridgehead atoms. The molecule has 0 aromatic heterocycles. The highest BCUT2D eigenvalue weighted by molar-refractivity contribution is 5.85. The number of rotatable bonds is 4. The molecule has 5 heteroatoms. The molecule has 20 heavy (non-hydrogen) atoms. The molecule has 0 aliphatic heterocycles. The first-order valence-electron chi connectivity index (χ1n) is 7.40. The Hall–Kier alpha value is -1.26. The van der Waals surface area contributed by atoms with Gasteiger partial charge in [-0.1, -0.05) is 13.3 Å². The number of likely N-dealkylation sites (N-methyl/N-ethyl adjacent to an activating group) is 1. The molecule has 0 saturated heterocycles. The number of carbonyl (C=O) groups is 2. The van der Waals surface area contributed by atoms with Crippen LogP contribution in [-0.4, -0.2) is 39.8 Å². The fraction of sp³-hybridized carbons (Fsp3) is 0.867. The lowest BCUT2D eigenvalue weighted by Crippen LogP contribution is -2.56.